The fraction of sp³-hybridized carbons (Fsp3) is 0. The number of aromatic amines is 1. The molecule has 0 radical (unpaired) electrons. The molecule has 3 rings (SSSR count). The first-order valence-electron chi connectivity index (χ1n) is 5.13. The Morgan fingerprint density at radius 2 is 2.11 bits per heavy atom. The Balaban J connectivity index is 2.19. The van der Waals surface area contributed by atoms with Gasteiger partial charge < -0.3 is 10.1 Å². The van der Waals surface area contributed by atoms with Crippen molar-refractivity contribution in [1.82, 2.24) is 15.0 Å². The van der Waals surface area contributed by atoms with Crippen LogP contribution in [-0.4, -0.2) is 20.1 Å². The lowest BCUT2D eigenvalue weighted by molar-refractivity contribution is 0.477. The van der Waals surface area contributed by atoms with Crippen molar-refractivity contribution in [1.29, 1.82) is 0 Å². The summed E-state index contributed by atoms with van der Waals surface area (Å²) in [4.78, 5) is 11.6. The summed E-state index contributed by atoms with van der Waals surface area (Å²) < 4.78 is 0.866. The number of phenols is 1. The summed E-state index contributed by atoms with van der Waals surface area (Å²) in [6.45, 7) is 0. The molecule has 0 unspecified atom stereocenters. The van der Waals surface area contributed by atoms with Gasteiger partial charge in [-0.3, -0.25) is 0 Å². The Morgan fingerprint density at radius 1 is 1.28 bits per heavy atom. The molecule has 0 amide bonds. The maximum Gasteiger partial charge on any atom is 0.178 e. The van der Waals surface area contributed by atoms with E-state index in [9.17, 15) is 5.11 Å². The van der Waals surface area contributed by atoms with E-state index in [1.807, 2.05) is 6.07 Å². The molecule has 0 saturated carbocycles. The molecule has 90 valence electrons. The second-order valence-corrected chi connectivity index (χ2v) is 5.12. The van der Waals surface area contributed by atoms with Crippen molar-refractivity contribution >= 4 is 38.7 Å². The lowest BCUT2D eigenvalue weighted by Gasteiger charge is -2.00. The third-order valence-electron chi connectivity index (χ3n) is 2.52. The first kappa shape index (κ1) is 11.5. The standard InChI is InChI=1S/C12H7BrClN3O/c13-6-3-9-12(15-5-6)17-11(16-9)8-2-1-7(14)4-10(8)18/h1-5,18H,(H,15,16,17). The van der Waals surface area contributed by atoms with Crippen molar-refractivity contribution < 1.29 is 5.11 Å². The molecule has 0 fully saturated rings. The van der Waals surface area contributed by atoms with E-state index in [2.05, 4.69) is 30.9 Å². The maximum absolute atomic E-state index is 9.85. The first-order chi connectivity index (χ1) is 8.63. The Kier molecular flexibility index (Phi) is 2.72. The van der Waals surface area contributed by atoms with Crippen molar-refractivity contribution in [2.24, 2.45) is 0 Å². The van der Waals surface area contributed by atoms with Gasteiger partial charge in [0, 0.05) is 15.7 Å². The van der Waals surface area contributed by atoms with Crippen LogP contribution in [0.5, 0.6) is 5.75 Å². The Morgan fingerprint density at radius 3 is 2.89 bits per heavy atom. The fourth-order valence-corrected chi connectivity index (χ4v) is 2.20. The number of rotatable bonds is 1. The Labute approximate surface area is 116 Å². The van der Waals surface area contributed by atoms with E-state index in [-0.39, 0.29) is 5.75 Å². The molecule has 3 aromatic rings. The molecular weight excluding hydrogens is 318 g/mol. The zero-order chi connectivity index (χ0) is 12.7. The van der Waals surface area contributed by atoms with Crippen LogP contribution in [0.25, 0.3) is 22.6 Å². The number of fused-ring (bicyclic) bond motifs is 1. The summed E-state index contributed by atoms with van der Waals surface area (Å²) in [6, 6.07) is 6.77. The number of aromatic hydroxyl groups is 1. The van der Waals surface area contributed by atoms with Gasteiger partial charge >= 0.3 is 0 Å². The average molecular weight is 325 g/mol. The van der Waals surface area contributed by atoms with Gasteiger partial charge in [0.15, 0.2) is 5.65 Å². The van der Waals surface area contributed by atoms with Crippen molar-refractivity contribution in [2.75, 3.05) is 0 Å². The van der Waals surface area contributed by atoms with Crippen LogP contribution < -0.4 is 0 Å². The molecule has 0 aliphatic heterocycles. The number of nitrogens with one attached hydrogen (secondary N) is 1. The van der Waals surface area contributed by atoms with Crippen LogP contribution in [-0.2, 0) is 0 Å². The number of phenolic OH excluding ortho intramolecular Hbond substituents is 1. The molecule has 18 heavy (non-hydrogen) atoms. The molecule has 1 aromatic carbocycles. The highest BCUT2D eigenvalue weighted by Gasteiger charge is 2.10. The fourth-order valence-electron chi connectivity index (χ4n) is 1.71. The highest BCUT2D eigenvalue weighted by Crippen LogP contribution is 2.30. The van der Waals surface area contributed by atoms with Crippen LogP contribution in [0.3, 0.4) is 0 Å². The topological polar surface area (TPSA) is 61.8 Å². The summed E-state index contributed by atoms with van der Waals surface area (Å²) in [5, 5.41) is 10.3. The van der Waals surface area contributed by atoms with E-state index in [4.69, 9.17) is 11.6 Å². The number of imidazole rings is 1. The minimum absolute atomic E-state index is 0.0839. The minimum Gasteiger partial charge on any atom is -0.507 e. The zero-order valence-corrected chi connectivity index (χ0v) is 11.3. The first-order valence-corrected chi connectivity index (χ1v) is 6.31. The van der Waals surface area contributed by atoms with Crippen molar-refractivity contribution in [3.8, 4) is 17.1 Å². The second-order valence-electron chi connectivity index (χ2n) is 3.77. The zero-order valence-electron chi connectivity index (χ0n) is 8.98. The van der Waals surface area contributed by atoms with Crippen LogP contribution in [0.15, 0.2) is 34.9 Å². The number of nitrogens with zero attached hydrogens (tertiary/aromatic N) is 2. The molecule has 0 aliphatic carbocycles. The summed E-state index contributed by atoms with van der Waals surface area (Å²) in [5.74, 6) is 0.644. The number of aromatic nitrogens is 3. The quantitative estimate of drug-likeness (QED) is 0.716. The normalized spacial score (nSPS) is 11.0. The number of halogens is 2. The van der Waals surface area contributed by atoms with E-state index >= 15 is 0 Å². The molecular formula is C12H7BrClN3O. The second kappa shape index (κ2) is 4.26. The van der Waals surface area contributed by atoms with E-state index in [1.165, 1.54) is 6.07 Å². The van der Waals surface area contributed by atoms with E-state index in [0.717, 1.165) is 9.99 Å². The third kappa shape index (κ3) is 1.95. The van der Waals surface area contributed by atoms with E-state index in [1.54, 1.807) is 18.3 Å². The van der Waals surface area contributed by atoms with Gasteiger partial charge in [-0.1, -0.05) is 11.6 Å². The lowest BCUT2D eigenvalue weighted by Crippen LogP contribution is -1.81. The molecule has 2 aromatic heterocycles. The van der Waals surface area contributed by atoms with Crippen LogP contribution in [0.1, 0.15) is 0 Å². The predicted octanol–water partition coefficient (Wildman–Crippen LogP) is 3.75. The Bertz CT molecular complexity index is 741. The van der Waals surface area contributed by atoms with Gasteiger partial charge in [-0.15, -0.1) is 0 Å². The van der Waals surface area contributed by atoms with Crippen LogP contribution in [0.4, 0.5) is 0 Å². The van der Waals surface area contributed by atoms with Gasteiger partial charge in [0.25, 0.3) is 0 Å². The highest BCUT2D eigenvalue weighted by atomic mass is 79.9. The Hall–Kier alpha value is -1.59. The maximum atomic E-state index is 9.85. The highest BCUT2D eigenvalue weighted by molar-refractivity contribution is 9.10. The molecule has 0 atom stereocenters. The molecule has 2 N–H and O–H groups in total. The monoisotopic (exact) mass is 323 g/mol. The van der Waals surface area contributed by atoms with Gasteiger partial charge in [0.1, 0.15) is 11.6 Å². The molecule has 2 heterocycles. The van der Waals surface area contributed by atoms with E-state index in [0.29, 0.717) is 22.1 Å². The van der Waals surface area contributed by atoms with Gasteiger partial charge in [0.05, 0.1) is 11.1 Å². The molecule has 0 saturated heterocycles. The molecule has 0 bridgehead atoms. The average Bonchev–Trinajstić information content (AvgIpc) is 2.71. The summed E-state index contributed by atoms with van der Waals surface area (Å²) >= 11 is 9.14. The molecule has 0 aliphatic rings. The van der Waals surface area contributed by atoms with Gasteiger partial charge in [-0.2, -0.15) is 0 Å². The number of hydrogen-bond acceptors (Lipinski definition) is 3. The van der Waals surface area contributed by atoms with Gasteiger partial charge in [-0.25, -0.2) is 9.97 Å². The van der Waals surface area contributed by atoms with Crippen molar-refractivity contribution in [2.45, 2.75) is 0 Å². The van der Waals surface area contributed by atoms with Gasteiger partial charge in [0.2, 0.25) is 0 Å². The van der Waals surface area contributed by atoms with Crippen molar-refractivity contribution in [3.05, 3.63) is 40.0 Å². The largest absolute Gasteiger partial charge is 0.507 e. The third-order valence-corrected chi connectivity index (χ3v) is 3.19. The smallest absolute Gasteiger partial charge is 0.178 e. The molecule has 6 heteroatoms. The van der Waals surface area contributed by atoms with E-state index < -0.39 is 0 Å². The van der Waals surface area contributed by atoms with Gasteiger partial charge in [-0.05, 0) is 40.2 Å². The number of hydrogen-bond donors (Lipinski definition) is 2. The summed E-state index contributed by atoms with van der Waals surface area (Å²) in [7, 11) is 0. The molecule has 4 nitrogen and oxygen atoms in total. The predicted molar refractivity (Wildman–Crippen MR) is 73.7 cm³/mol. The summed E-state index contributed by atoms with van der Waals surface area (Å²) in [6.07, 6.45) is 1.68. The van der Waals surface area contributed by atoms with Crippen LogP contribution in [0.2, 0.25) is 5.02 Å². The lowest BCUT2D eigenvalue weighted by atomic mass is 10.2. The van der Waals surface area contributed by atoms with Crippen molar-refractivity contribution in [3.63, 3.8) is 0 Å². The van der Waals surface area contributed by atoms with Crippen LogP contribution >= 0.6 is 27.5 Å². The number of benzene rings is 1. The minimum atomic E-state index is 0.0839. The van der Waals surface area contributed by atoms with Crippen LogP contribution in [0, 0.1) is 0 Å². The molecule has 0 spiro atoms. The number of pyridine rings is 1. The summed E-state index contributed by atoms with van der Waals surface area (Å²) in [5.41, 5.74) is 1.99. The number of H-pyrrole nitrogens is 1. The SMILES string of the molecule is Oc1cc(Cl)ccc1-c1nc2ncc(Br)cc2[nH]1.